The Kier molecular flexibility index (Phi) is 3.72. The van der Waals surface area contributed by atoms with Crippen LogP contribution in [0.25, 0.3) is 0 Å². The van der Waals surface area contributed by atoms with Gasteiger partial charge in [-0.3, -0.25) is 0 Å². The van der Waals surface area contributed by atoms with E-state index in [2.05, 4.69) is 38.2 Å². The second-order valence-corrected chi connectivity index (χ2v) is 5.51. The summed E-state index contributed by atoms with van der Waals surface area (Å²) in [6, 6.07) is 5.58. The second-order valence-electron chi connectivity index (χ2n) is 5.51. The van der Waals surface area contributed by atoms with Crippen molar-refractivity contribution in [3.63, 3.8) is 0 Å². The zero-order chi connectivity index (χ0) is 12.4. The van der Waals surface area contributed by atoms with Gasteiger partial charge in [0.15, 0.2) is 0 Å². The summed E-state index contributed by atoms with van der Waals surface area (Å²) >= 11 is 0. The molecule has 1 saturated carbocycles. The molecule has 2 rings (SSSR count). The van der Waals surface area contributed by atoms with Crippen LogP contribution in [0.4, 0.5) is 5.69 Å². The Morgan fingerprint density at radius 1 is 0.941 bits per heavy atom. The molecule has 3 N–H and O–H groups in total. The summed E-state index contributed by atoms with van der Waals surface area (Å²) in [6.07, 6.45) is 4.71. The minimum atomic E-state index is 0.425. The number of benzene rings is 1. The third-order valence-electron chi connectivity index (χ3n) is 3.97. The van der Waals surface area contributed by atoms with Gasteiger partial charge in [-0.2, -0.15) is 0 Å². The molecule has 1 aromatic rings. The first-order valence-electron chi connectivity index (χ1n) is 6.66. The lowest BCUT2D eigenvalue weighted by atomic mass is 9.91. The van der Waals surface area contributed by atoms with Gasteiger partial charge in [0.2, 0.25) is 0 Å². The van der Waals surface area contributed by atoms with E-state index in [1.54, 1.807) is 0 Å². The Morgan fingerprint density at radius 3 is 2.18 bits per heavy atom. The number of hydrogen-bond donors (Lipinski definition) is 2. The summed E-state index contributed by atoms with van der Waals surface area (Å²) in [5.74, 6) is 0. The van der Waals surface area contributed by atoms with Gasteiger partial charge in [-0.1, -0.05) is 6.07 Å². The normalized spacial score (nSPS) is 24.7. The van der Waals surface area contributed by atoms with Crippen LogP contribution in [0.15, 0.2) is 12.1 Å². The topological polar surface area (TPSA) is 38.0 Å². The van der Waals surface area contributed by atoms with E-state index in [4.69, 9.17) is 5.73 Å². The van der Waals surface area contributed by atoms with Crippen LogP contribution >= 0.6 is 0 Å². The van der Waals surface area contributed by atoms with Gasteiger partial charge in [-0.15, -0.1) is 0 Å². The van der Waals surface area contributed by atoms with Crippen LogP contribution in [0.1, 0.15) is 42.4 Å². The van der Waals surface area contributed by atoms with Crippen molar-refractivity contribution in [1.82, 2.24) is 0 Å². The molecule has 2 nitrogen and oxygen atoms in total. The summed E-state index contributed by atoms with van der Waals surface area (Å²) in [6.45, 7) is 6.53. The molecule has 1 aliphatic rings. The van der Waals surface area contributed by atoms with Crippen LogP contribution in [-0.2, 0) is 0 Å². The Morgan fingerprint density at radius 2 is 1.53 bits per heavy atom. The fourth-order valence-electron chi connectivity index (χ4n) is 2.60. The summed E-state index contributed by atoms with van der Waals surface area (Å²) in [7, 11) is 0. The third kappa shape index (κ3) is 3.01. The van der Waals surface area contributed by atoms with Gasteiger partial charge in [-0.25, -0.2) is 0 Å². The molecule has 17 heavy (non-hydrogen) atoms. The fraction of sp³-hybridized carbons (Fsp3) is 0.600. The van der Waals surface area contributed by atoms with Crippen molar-refractivity contribution in [1.29, 1.82) is 0 Å². The highest BCUT2D eigenvalue weighted by Gasteiger charge is 2.18. The van der Waals surface area contributed by atoms with Gasteiger partial charge in [0.05, 0.1) is 0 Å². The predicted molar refractivity (Wildman–Crippen MR) is 74.5 cm³/mol. The molecule has 2 heteroatoms. The van der Waals surface area contributed by atoms with Crippen LogP contribution < -0.4 is 11.1 Å². The van der Waals surface area contributed by atoms with Crippen molar-refractivity contribution in [2.45, 2.75) is 58.5 Å². The Bertz CT molecular complexity index is 390. The highest BCUT2D eigenvalue weighted by atomic mass is 14.9. The van der Waals surface area contributed by atoms with Gasteiger partial charge in [0.1, 0.15) is 0 Å². The third-order valence-corrected chi connectivity index (χ3v) is 3.97. The van der Waals surface area contributed by atoms with Gasteiger partial charge >= 0.3 is 0 Å². The number of anilines is 1. The number of rotatable bonds is 2. The Labute approximate surface area is 105 Å². The van der Waals surface area contributed by atoms with Crippen molar-refractivity contribution >= 4 is 5.69 Å². The van der Waals surface area contributed by atoms with Crippen molar-refractivity contribution in [3.8, 4) is 0 Å². The maximum Gasteiger partial charge on any atom is 0.0374 e. The number of aryl methyl sites for hydroxylation is 3. The molecule has 0 atom stereocenters. The van der Waals surface area contributed by atoms with Crippen LogP contribution in [0.2, 0.25) is 0 Å². The largest absolute Gasteiger partial charge is 0.382 e. The standard InChI is InChI=1S/C15H24N2/c1-10-8-12(3)15(9-11(10)2)17-14-6-4-13(16)5-7-14/h8-9,13-14,17H,4-7,16H2,1-3H3. The van der Waals surface area contributed by atoms with Crippen LogP contribution in [0, 0.1) is 20.8 Å². The number of nitrogens with two attached hydrogens (primary N) is 1. The molecule has 0 spiro atoms. The minimum absolute atomic E-state index is 0.425. The highest BCUT2D eigenvalue weighted by molar-refractivity contribution is 5.55. The van der Waals surface area contributed by atoms with E-state index in [-0.39, 0.29) is 0 Å². The first-order valence-corrected chi connectivity index (χ1v) is 6.66. The van der Waals surface area contributed by atoms with Gasteiger partial charge in [0, 0.05) is 17.8 Å². The van der Waals surface area contributed by atoms with Crippen molar-refractivity contribution in [3.05, 3.63) is 28.8 Å². The molecule has 0 radical (unpaired) electrons. The molecule has 0 unspecified atom stereocenters. The molecule has 1 aliphatic carbocycles. The van der Waals surface area contributed by atoms with Crippen molar-refractivity contribution < 1.29 is 0 Å². The van der Waals surface area contributed by atoms with Crippen molar-refractivity contribution in [2.24, 2.45) is 5.73 Å². The predicted octanol–water partition coefficient (Wildman–Crippen LogP) is 3.29. The quantitative estimate of drug-likeness (QED) is 0.821. The highest BCUT2D eigenvalue weighted by Crippen LogP contribution is 2.25. The zero-order valence-corrected chi connectivity index (χ0v) is 11.2. The van der Waals surface area contributed by atoms with E-state index in [1.165, 1.54) is 35.2 Å². The molecule has 0 bridgehead atoms. The van der Waals surface area contributed by atoms with Gasteiger partial charge < -0.3 is 11.1 Å². The molecule has 0 amide bonds. The van der Waals surface area contributed by atoms with E-state index in [0.29, 0.717) is 12.1 Å². The van der Waals surface area contributed by atoms with Crippen LogP contribution in [0.3, 0.4) is 0 Å². The van der Waals surface area contributed by atoms with Crippen LogP contribution in [0.5, 0.6) is 0 Å². The average Bonchev–Trinajstić information content (AvgIpc) is 2.29. The minimum Gasteiger partial charge on any atom is -0.382 e. The number of nitrogens with one attached hydrogen (secondary N) is 1. The molecule has 1 aromatic carbocycles. The van der Waals surface area contributed by atoms with E-state index < -0.39 is 0 Å². The van der Waals surface area contributed by atoms with Crippen LogP contribution in [-0.4, -0.2) is 12.1 Å². The fourth-order valence-corrected chi connectivity index (χ4v) is 2.60. The van der Waals surface area contributed by atoms with Gasteiger partial charge in [0.25, 0.3) is 0 Å². The summed E-state index contributed by atoms with van der Waals surface area (Å²) in [5, 5.41) is 3.68. The summed E-state index contributed by atoms with van der Waals surface area (Å²) < 4.78 is 0. The Balaban J connectivity index is 2.06. The molecule has 0 aromatic heterocycles. The lowest BCUT2D eigenvalue weighted by Crippen LogP contribution is -2.33. The monoisotopic (exact) mass is 232 g/mol. The summed E-state index contributed by atoms with van der Waals surface area (Å²) in [4.78, 5) is 0. The molecular weight excluding hydrogens is 208 g/mol. The average molecular weight is 232 g/mol. The molecule has 0 heterocycles. The molecule has 1 fully saturated rings. The first-order chi connectivity index (χ1) is 8.06. The molecule has 94 valence electrons. The second kappa shape index (κ2) is 5.09. The van der Waals surface area contributed by atoms with E-state index in [1.807, 2.05) is 0 Å². The number of hydrogen-bond acceptors (Lipinski definition) is 2. The smallest absolute Gasteiger partial charge is 0.0374 e. The maximum atomic E-state index is 5.94. The maximum absolute atomic E-state index is 5.94. The lowest BCUT2D eigenvalue weighted by molar-refractivity contribution is 0.411. The SMILES string of the molecule is Cc1cc(C)c(NC2CCC(N)CC2)cc1C. The molecule has 0 aliphatic heterocycles. The van der Waals surface area contributed by atoms with Gasteiger partial charge in [-0.05, 0) is 69.2 Å². The molecular formula is C15H24N2. The summed E-state index contributed by atoms with van der Waals surface area (Å²) in [5.41, 5.74) is 11.3. The van der Waals surface area contributed by atoms with E-state index in [9.17, 15) is 0 Å². The first kappa shape index (κ1) is 12.4. The lowest BCUT2D eigenvalue weighted by Gasteiger charge is -2.28. The van der Waals surface area contributed by atoms with Crippen molar-refractivity contribution in [2.75, 3.05) is 5.32 Å². The zero-order valence-electron chi connectivity index (χ0n) is 11.2. The Hall–Kier alpha value is -1.02. The molecule has 0 saturated heterocycles. The van der Waals surface area contributed by atoms with E-state index in [0.717, 1.165) is 12.8 Å². The van der Waals surface area contributed by atoms with E-state index >= 15 is 0 Å².